The molecule has 1 aromatic rings. The smallest absolute Gasteiger partial charge is 0.181 e. The van der Waals surface area contributed by atoms with E-state index in [0.29, 0.717) is 13.2 Å². The number of hydrogen-bond donors (Lipinski definition) is 1. The highest BCUT2D eigenvalue weighted by Crippen LogP contribution is 2.35. The molecule has 1 aromatic carbocycles. The number of ether oxygens (including phenoxy) is 2. The maximum atomic E-state index is 6.30. The summed E-state index contributed by atoms with van der Waals surface area (Å²) in [7, 11) is 0. The molecule has 2 atom stereocenters. The summed E-state index contributed by atoms with van der Waals surface area (Å²) in [6, 6.07) is 8.66. The fourth-order valence-electron chi connectivity index (χ4n) is 3.53. The van der Waals surface area contributed by atoms with Crippen molar-refractivity contribution < 1.29 is 9.47 Å². The number of likely N-dealkylation sites (tertiary alicyclic amines) is 1. The molecule has 0 bridgehead atoms. The molecule has 116 valence electrons. The normalized spacial score (nSPS) is 25.1. The average molecular weight is 355 g/mol. The van der Waals surface area contributed by atoms with Crippen LogP contribution in [0, 0.1) is 0 Å². The Morgan fingerprint density at radius 2 is 2.10 bits per heavy atom. The number of hydrogen-bond acceptors (Lipinski definition) is 4. The topological polar surface area (TPSA) is 47.7 Å². The van der Waals surface area contributed by atoms with Gasteiger partial charge in [-0.1, -0.05) is 28.1 Å². The van der Waals surface area contributed by atoms with Gasteiger partial charge in [-0.2, -0.15) is 0 Å². The molecule has 5 heteroatoms. The Morgan fingerprint density at radius 1 is 1.33 bits per heavy atom. The number of halogens is 1. The highest BCUT2D eigenvalue weighted by molar-refractivity contribution is 9.10. The summed E-state index contributed by atoms with van der Waals surface area (Å²) in [5.74, 6) is -0.405. The zero-order valence-corrected chi connectivity index (χ0v) is 14.0. The predicted molar refractivity (Wildman–Crippen MR) is 86.0 cm³/mol. The third-order valence-corrected chi connectivity index (χ3v) is 4.84. The second-order valence-corrected chi connectivity index (χ2v) is 6.96. The monoisotopic (exact) mass is 354 g/mol. The van der Waals surface area contributed by atoms with Gasteiger partial charge in [0.2, 0.25) is 0 Å². The van der Waals surface area contributed by atoms with Crippen LogP contribution in [0.3, 0.4) is 0 Å². The van der Waals surface area contributed by atoms with Crippen molar-refractivity contribution in [2.45, 2.75) is 37.6 Å². The fourth-order valence-corrected chi connectivity index (χ4v) is 3.94. The Hall–Kier alpha value is -0.460. The van der Waals surface area contributed by atoms with E-state index in [1.807, 2.05) is 6.07 Å². The van der Waals surface area contributed by atoms with E-state index in [1.165, 1.54) is 5.56 Å². The molecule has 0 aromatic heterocycles. The van der Waals surface area contributed by atoms with E-state index in [2.05, 4.69) is 46.0 Å². The van der Waals surface area contributed by atoms with Crippen molar-refractivity contribution in [3.05, 3.63) is 34.3 Å². The largest absolute Gasteiger partial charge is 0.346 e. The van der Waals surface area contributed by atoms with Gasteiger partial charge in [-0.3, -0.25) is 4.90 Å². The lowest BCUT2D eigenvalue weighted by Crippen LogP contribution is -2.52. The van der Waals surface area contributed by atoms with Crippen LogP contribution < -0.4 is 5.73 Å². The number of benzene rings is 1. The van der Waals surface area contributed by atoms with Crippen LogP contribution in [0.5, 0.6) is 0 Å². The van der Waals surface area contributed by atoms with Crippen LogP contribution in [-0.2, 0) is 9.47 Å². The number of piperidine rings is 1. The minimum Gasteiger partial charge on any atom is -0.346 e. The molecule has 0 saturated carbocycles. The first kappa shape index (κ1) is 15.4. The van der Waals surface area contributed by atoms with Crippen molar-refractivity contribution in [2.75, 3.05) is 26.3 Å². The minimum absolute atomic E-state index is 0.0517. The van der Waals surface area contributed by atoms with Crippen LogP contribution in [-0.4, -0.2) is 43.0 Å². The highest BCUT2D eigenvalue weighted by atomic mass is 79.9. The summed E-state index contributed by atoms with van der Waals surface area (Å²) in [5, 5.41) is 0. The first-order chi connectivity index (χ1) is 10.1. The maximum Gasteiger partial charge on any atom is 0.181 e. The standard InChI is InChI=1S/C16H23BrN2O2/c1-12(18)15(13-4-2-5-14(17)10-13)19-7-3-6-16(11-19)20-8-9-21-16/h2,4-5,10,12,15H,3,6-9,11,18H2,1H3. The van der Waals surface area contributed by atoms with E-state index in [4.69, 9.17) is 15.2 Å². The molecule has 2 N–H and O–H groups in total. The van der Waals surface area contributed by atoms with Crippen molar-refractivity contribution in [3.63, 3.8) is 0 Å². The molecule has 0 amide bonds. The highest BCUT2D eigenvalue weighted by Gasteiger charge is 2.43. The van der Waals surface area contributed by atoms with E-state index >= 15 is 0 Å². The van der Waals surface area contributed by atoms with Gasteiger partial charge in [0.05, 0.1) is 19.8 Å². The Kier molecular flexibility index (Phi) is 4.66. The van der Waals surface area contributed by atoms with Crippen molar-refractivity contribution in [1.82, 2.24) is 4.90 Å². The van der Waals surface area contributed by atoms with Crippen LogP contribution >= 0.6 is 15.9 Å². The molecule has 2 unspecified atom stereocenters. The van der Waals surface area contributed by atoms with Gasteiger partial charge in [-0.05, 0) is 37.6 Å². The second kappa shape index (κ2) is 6.34. The van der Waals surface area contributed by atoms with Crippen LogP contribution in [0.15, 0.2) is 28.7 Å². The van der Waals surface area contributed by atoms with Crippen molar-refractivity contribution >= 4 is 15.9 Å². The molecule has 3 rings (SSSR count). The third kappa shape index (κ3) is 3.32. The molecule has 21 heavy (non-hydrogen) atoms. The van der Waals surface area contributed by atoms with Gasteiger partial charge in [-0.25, -0.2) is 0 Å². The lowest BCUT2D eigenvalue weighted by atomic mass is 9.95. The van der Waals surface area contributed by atoms with E-state index in [0.717, 1.165) is 30.4 Å². The number of rotatable bonds is 3. The van der Waals surface area contributed by atoms with Gasteiger partial charge in [0.1, 0.15) is 0 Å². The minimum atomic E-state index is -0.405. The SMILES string of the molecule is CC(N)C(c1cccc(Br)c1)N1CCCC2(C1)OCCO2. The molecule has 2 aliphatic heterocycles. The molecule has 4 nitrogen and oxygen atoms in total. The summed E-state index contributed by atoms with van der Waals surface area (Å²) in [4.78, 5) is 2.42. The molecule has 1 spiro atoms. The first-order valence-electron chi connectivity index (χ1n) is 7.63. The summed E-state index contributed by atoms with van der Waals surface area (Å²) in [5.41, 5.74) is 7.54. The van der Waals surface area contributed by atoms with Crippen molar-refractivity contribution in [2.24, 2.45) is 5.73 Å². The summed E-state index contributed by atoms with van der Waals surface area (Å²) >= 11 is 3.55. The Morgan fingerprint density at radius 3 is 2.76 bits per heavy atom. The van der Waals surface area contributed by atoms with E-state index in [9.17, 15) is 0 Å². The molecule has 0 radical (unpaired) electrons. The van der Waals surface area contributed by atoms with Crippen LogP contribution in [0.4, 0.5) is 0 Å². The molecule has 2 heterocycles. The molecule has 2 fully saturated rings. The van der Waals surface area contributed by atoms with Gasteiger partial charge in [0.15, 0.2) is 5.79 Å². The fraction of sp³-hybridized carbons (Fsp3) is 0.625. The van der Waals surface area contributed by atoms with Crippen molar-refractivity contribution in [1.29, 1.82) is 0 Å². The lowest BCUT2D eigenvalue weighted by molar-refractivity contribution is -0.194. The van der Waals surface area contributed by atoms with Gasteiger partial charge in [0, 0.05) is 23.0 Å². The summed E-state index contributed by atoms with van der Waals surface area (Å²) in [6.07, 6.45) is 2.06. The van der Waals surface area contributed by atoms with E-state index < -0.39 is 5.79 Å². The maximum absolute atomic E-state index is 6.30. The molecule has 2 aliphatic rings. The zero-order valence-electron chi connectivity index (χ0n) is 12.4. The van der Waals surface area contributed by atoms with Gasteiger partial charge in [0.25, 0.3) is 0 Å². The third-order valence-electron chi connectivity index (χ3n) is 4.34. The second-order valence-electron chi connectivity index (χ2n) is 6.04. The van der Waals surface area contributed by atoms with E-state index in [-0.39, 0.29) is 12.1 Å². The van der Waals surface area contributed by atoms with Crippen LogP contribution in [0.2, 0.25) is 0 Å². The predicted octanol–water partition coefficient (Wildman–Crippen LogP) is 2.68. The van der Waals surface area contributed by atoms with Gasteiger partial charge in [-0.15, -0.1) is 0 Å². The van der Waals surface area contributed by atoms with Gasteiger partial charge < -0.3 is 15.2 Å². The number of nitrogens with zero attached hydrogens (tertiary/aromatic N) is 1. The lowest BCUT2D eigenvalue weighted by Gasteiger charge is -2.43. The molecule has 2 saturated heterocycles. The summed E-state index contributed by atoms with van der Waals surface area (Å²) < 4.78 is 12.9. The molecular weight excluding hydrogens is 332 g/mol. The van der Waals surface area contributed by atoms with Crippen LogP contribution in [0.1, 0.15) is 31.4 Å². The number of nitrogens with two attached hydrogens (primary N) is 1. The quantitative estimate of drug-likeness (QED) is 0.906. The Labute approximate surface area is 134 Å². The van der Waals surface area contributed by atoms with Crippen LogP contribution in [0.25, 0.3) is 0 Å². The van der Waals surface area contributed by atoms with E-state index in [1.54, 1.807) is 0 Å². The average Bonchev–Trinajstić information content (AvgIpc) is 2.87. The zero-order chi connectivity index (χ0) is 14.9. The molecule has 0 aliphatic carbocycles. The Bertz CT molecular complexity index is 489. The molecular formula is C16H23BrN2O2. The first-order valence-corrected chi connectivity index (χ1v) is 8.42. The summed E-state index contributed by atoms with van der Waals surface area (Å²) in [6.45, 7) is 5.31. The van der Waals surface area contributed by atoms with Crippen molar-refractivity contribution in [3.8, 4) is 0 Å². The van der Waals surface area contributed by atoms with Gasteiger partial charge >= 0.3 is 0 Å². The Balaban J connectivity index is 1.83.